The molecular weight excluding hydrogens is 377 g/mol. The van der Waals surface area contributed by atoms with E-state index in [2.05, 4.69) is 0 Å². The van der Waals surface area contributed by atoms with Gasteiger partial charge in [0, 0.05) is 12.6 Å². The number of ether oxygens (including phenoxy) is 2. The van der Waals surface area contributed by atoms with E-state index in [1.165, 1.54) is 31.2 Å². The van der Waals surface area contributed by atoms with Crippen molar-refractivity contribution in [2.75, 3.05) is 20.8 Å². The number of rotatable bonds is 6. The number of hydrogen-bond acceptors (Lipinski definition) is 5. The molecule has 1 saturated heterocycles. The largest absolute Gasteiger partial charge is 0.507 e. The third kappa shape index (κ3) is 3.81. The van der Waals surface area contributed by atoms with Crippen LogP contribution >= 0.6 is 0 Å². The number of likely N-dealkylation sites (N-methyl/N-ethyl adjacent to an activating group) is 1. The van der Waals surface area contributed by atoms with Crippen molar-refractivity contribution in [3.05, 3.63) is 65.0 Å². The highest BCUT2D eigenvalue weighted by Gasteiger charge is 2.44. The molecule has 0 aromatic heterocycles. The van der Waals surface area contributed by atoms with E-state index in [-0.39, 0.29) is 16.9 Å². The number of Topliss-reactive ketones (excluding diaryl/α,β-unsaturated/α-hetero) is 1. The van der Waals surface area contributed by atoms with Gasteiger partial charge in [0.05, 0.1) is 25.3 Å². The molecule has 0 spiro atoms. The van der Waals surface area contributed by atoms with Crippen LogP contribution in [0.4, 0.5) is 4.39 Å². The summed E-state index contributed by atoms with van der Waals surface area (Å²) in [5.41, 5.74) is 0.587. The number of hydrogen-bond donors (Lipinski definition) is 1. The molecule has 1 fully saturated rings. The molecule has 1 atom stereocenters. The number of aliphatic hydroxyl groups is 1. The number of amides is 1. The van der Waals surface area contributed by atoms with Gasteiger partial charge in [-0.1, -0.05) is 19.1 Å². The second-order valence-electron chi connectivity index (χ2n) is 6.68. The predicted octanol–water partition coefficient (Wildman–Crippen LogP) is 3.67. The second kappa shape index (κ2) is 8.34. The summed E-state index contributed by atoms with van der Waals surface area (Å²) in [5.74, 6) is -2.10. The van der Waals surface area contributed by atoms with Gasteiger partial charge in [0.1, 0.15) is 11.5 Å². The van der Waals surface area contributed by atoms with Gasteiger partial charge < -0.3 is 19.5 Å². The minimum Gasteiger partial charge on any atom is -0.507 e. The Morgan fingerprint density at radius 1 is 1.21 bits per heavy atom. The van der Waals surface area contributed by atoms with Crippen molar-refractivity contribution in [3.63, 3.8) is 0 Å². The summed E-state index contributed by atoms with van der Waals surface area (Å²) >= 11 is 0. The first-order chi connectivity index (χ1) is 13.9. The van der Waals surface area contributed by atoms with Crippen LogP contribution in [0.3, 0.4) is 0 Å². The van der Waals surface area contributed by atoms with Gasteiger partial charge in [-0.15, -0.1) is 0 Å². The molecule has 1 aliphatic rings. The number of methoxy groups -OCH3 is 1. The SMILES string of the molecule is CCCOc1cccc(C2/C(=C(\O)c3ccc(OC)c(F)c3)C(=O)C(=O)N2C)c1. The van der Waals surface area contributed by atoms with Crippen LogP contribution in [0, 0.1) is 5.82 Å². The first-order valence-electron chi connectivity index (χ1n) is 9.20. The summed E-state index contributed by atoms with van der Waals surface area (Å²) in [4.78, 5) is 26.2. The van der Waals surface area contributed by atoms with Crippen molar-refractivity contribution in [2.45, 2.75) is 19.4 Å². The Balaban J connectivity index is 2.10. The first kappa shape index (κ1) is 20.4. The van der Waals surface area contributed by atoms with Crippen LogP contribution in [-0.2, 0) is 9.59 Å². The number of carbonyl (C=O) groups excluding carboxylic acids is 2. The number of carbonyl (C=O) groups is 2. The third-order valence-electron chi connectivity index (χ3n) is 4.75. The number of nitrogens with zero attached hydrogens (tertiary/aromatic N) is 1. The van der Waals surface area contributed by atoms with Crippen LogP contribution in [0.1, 0.15) is 30.5 Å². The van der Waals surface area contributed by atoms with Gasteiger partial charge in [-0.25, -0.2) is 4.39 Å². The molecule has 3 rings (SSSR count). The molecule has 2 aromatic rings. The lowest BCUT2D eigenvalue weighted by atomic mass is 9.95. The molecular formula is C22H22FNO5. The van der Waals surface area contributed by atoms with Crippen molar-refractivity contribution in [1.29, 1.82) is 0 Å². The van der Waals surface area contributed by atoms with Crippen LogP contribution in [0.25, 0.3) is 5.76 Å². The molecule has 7 heteroatoms. The van der Waals surface area contributed by atoms with Crippen LogP contribution in [0.5, 0.6) is 11.5 Å². The van der Waals surface area contributed by atoms with Gasteiger partial charge in [0.2, 0.25) is 0 Å². The minimum absolute atomic E-state index is 0.00909. The second-order valence-corrected chi connectivity index (χ2v) is 6.68. The monoisotopic (exact) mass is 399 g/mol. The maximum atomic E-state index is 14.1. The molecule has 1 amide bonds. The van der Waals surface area contributed by atoms with E-state index in [1.807, 2.05) is 6.92 Å². The van der Waals surface area contributed by atoms with Gasteiger partial charge >= 0.3 is 0 Å². The molecule has 0 aliphatic carbocycles. The quantitative estimate of drug-likeness (QED) is 0.456. The highest BCUT2D eigenvalue weighted by molar-refractivity contribution is 6.46. The van der Waals surface area contributed by atoms with E-state index in [9.17, 15) is 19.1 Å². The molecule has 1 heterocycles. The normalized spacial score (nSPS) is 18.2. The summed E-state index contributed by atoms with van der Waals surface area (Å²) in [6.07, 6.45) is 0.833. The fourth-order valence-electron chi connectivity index (χ4n) is 3.30. The van der Waals surface area contributed by atoms with Gasteiger partial charge in [0.25, 0.3) is 11.7 Å². The Morgan fingerprint density at radius 3 is 2.62 bits per heavy atom. The topological polar surface area (TPSA) is 76.1 Å². The minimum atomic E-state index is -0.828. The van der Waals surface area contributed by atoms with E-state index < -0.39 is 29.3 Å². The zero-order valence-electron chi connectivity index (χ0n) is 16.4. The number of halogens is 1. The molecule has 6 nitrogen and oxygen atoms in total. The molecule has 0 radical (unpaired) electrons. The molecule has 0 saturated carbocycles. The number of likely N-dealkylation sites (tertiary alicyclic amines) is 1. The van der Waals surface area contributed by atoms with Crippen LogP contribution < -0.4 is 9.47 Å². The lowest BCUT2D eigenvalue weighted by Crippen LogP contribution is -2.24. The van der Waals surface area contributed by atoms with E-state index in [0.29, 0.717) is 17.9 Å². The summed E-state index contributed by atoms with van der Waals surface area (Å²) in [5, 5.41) is 10.8. The zero-order valence-corrected chi connectivity index (χ0v) is 16.4. The summed E-state index contributed by atoms with van der Waals surface area (Å²) in [6.45, 7) is 2.51. The van der Waals surface area contributed by atoms with E-state index in [4.69, 9.17) is 9.47 Å². The maximum absolute atomic E-state index is 14.1. The Labute approximate surface area is 168 Å². The summed E-state index contributed by atoms with van der Waals surface area (Å²) in [7, 11) is 2.81. The van der Waals surface area contributed by atoms with Crippen molar-refractivity contribution in [3.8, 4) is 11.5 Å². The predicted molar refractivity (Wildman–Crippen MR) is 105 cm³/mol. The van der Waals surface area contributed by atoms with E-state index in [1.54, 1.807) is 24.3 Å². The van der Waals surface area contributed by atoms with Gasteiger partial charge in [-0.3, -0.25) is 9.59 Å². The summed E-state index contributed by atoms with van der Waals surface area (Å²) < 4.78 is 24.6. The Hall–Kier alpha value is -3.35. The van der Waals surface area contributed by atoms with Crippen molar-refractivity contribution in [1.82, 2.24) is 4.90 Å². The van der Waals surface area contributed by atoms with E-state index in [0.717, 1.165) is 12.5 Å². The Kier molecular flexibility index (Phi) is 5.87. The van der Waals surface area contributed by atoms with Crippen molar-refractivity contribution >= 4 is 17.4 Å². The lowest BCUT2D eigenvalue weighted by Gasteiger charge is -2.21. The maximum Gasteiger partial charge on any atom is 0.295 e. The van der Waals surface area contributed by atoms with Crippen molar-refractivity contribution < 1.29 is 28.6 Å². The average molecular weight is 399 g/mol. The molecule has 152 valence electrons. The molecule has 1 unspecified atom stereocenters. The van der Waals surface area contributed by atoms with E-state index >= 15 is 0 Å². The zero-order chi connectivity index (χ0) is 21.1. The highest BCUT2D eigenvalue weighted by atomic mass is 19.1. The van der Waals surface area contributed by atoms with Gasteiger partial charge in [-0.2, -0.15) is 0 Å². The van der Waals surface area contributed by atoms with Gasteiger partial charge in [-0.05, 0) is 42.3 Å². The molecule has 1 aliphatic heterocycles. The number of aliphatic hydroxyl groups excluding tert-OH is 1. The smallest absolute Gasteiger partial charge is 0.295 e. The fourth-order valence-corrected chi connectivity index (χ4v) is 3.30. The molecule has 2 aromatic carbocycles. The average Bonchev–Trinajstić information content (AvgIpc) is 2.95. The molecule has 29 heavy (non-hydrogen) atoms. The number of benzene rings is 2. The lowest BCUT2D eigenvalue weighted by molar-refractivity contribution is -0.139. The van der Waals surface area contributed by atoms with Crippen molar-refractivity contribution in [2.24, 2.45) is 0 Å². The standard InChI is InChI=1S/C22H22FNO5/c1-4-10-29-15-7-5-6-13(11-15)19-18(21(26)22(27)24(19)2)20(25)14-8-9-17(28-3)16(23)12-14/h5-9,11-12,19,25H,4,10H2,1-3H3/b20-18+. The third-order valence-corrected chi connectivity index (χ3v) is 4.75. The Bertz CT molecular complexity index is 985. The molecule has 0 bridgehead atoms. The highest BCUT2D eigenvalue weighted by Crippen LogP contribution is 2.39. The first-order valence-corrected chi connectivity index (χ1v) is 9.20. The molecule has 1 N–H and O–H groups in total. The van der Waals surface area contributed by atoms with Crippen LogP contribution in [0.15, 0.2) is 48.0 Å². The van der Waals surface area contributed by atoms with Crippen LogP contribution in [0.2, 0.25) is 0 Å². The van der Waals surface area contributed by atoms with Crippen LogP contribution in [-0.4, -0.2) is 42.5 Å². The van der Waals surface area contributed by atoms with Gasteiger partial charge in [0.15, 0.2) is 11.6 Å². The fraction of sp³-hybridized carbons (Fsp3) is 0.273. The Morgan fingerprint density at radius 2 is 1.97 bits per heavy atom. The number of ketones is 1. The summed E-state index contributed by atoms with van der Waals surface area (Å²) in [6, 6.07) is 10.0.